The average Bonchev–Trinajstić information content (AvgIpc) is 3.09. The molecule has 1 N–H and O–H groups in total. The van der Waals surface area contributed by atoms with Gasteiger partial charge in [0, 0.05) is 13.1 Å². The molecule has 2 bridgehead atoms. The Morgan fingerprint density at radius 1 is 1.14 bits per heavy atom. The van der Waals surface area contributed by atoms with Crippen LogP contribution in [0.15, 0.2) is 24.3 Å². The van der Waals surface area contributed by atoms with Crippen molar-refractivity contribution in [1.82, 2.24) is 10.2 Å². The summed E-state index contributed by atoms with van der Waals surface area (Å²) in [7, 11) is 4.34. The Morgan fingerprint density at radius 3 is 2.62 bits per heavy atom. The zero-order valence-corrected chi connectivity index (χ0v) is 13.6. The molecule has 0 aromatic heterocycles. The van der Waals surface area contributed by atoms with Gasteiger partial charge in [0.25, 0.3) is 0 Å². The van der Waals surface area contributed by atoms with Crippen LogP contribution in [0.25, 0.3) is 0 Å². The summed E-state index contributed by atoms with van der Waals surface area (Å²) in [5.41, 5.74) is 3.02. The van der Waals surface area contributed by atoms with Crippen LogP contribution in [0.3, 0.4) is 0 Å². The van der Waals surface area contributed by atoms with E-state index in [0.29, 0.717) is 0 Å². The highest BCUT2D eigenvalue weighted by molar-refractivity contribution is 5.27. The lowest BCUT2D eigenvalue weighted by atomic mass is 9.88. The van der Waals surface area contributed by atoms with Crippen molar-refractivity contribution >= 4 is 0 Å². The summed E-state index contributed by atoms with van der Waals surface area (Å²) in [6, 6.07) is 8.95. The summed E-state index contributed by atoms with van der Waals surface area (Å²) in [6.45, 7) is 3.46. The second-order valence-corrected chi connectivity index (χ2v) is 7.25. The van der Waals surface area contributed by atoms with Crippen molar-refractivity contribution in [2.75, 3.05) is 27.2 Å². The zero-order chi connectivity index (χ0) is 14.7. The molecule has 3 rings (SSSR count). The molecule has 0 spiro atoms. The van der Waals surface area contributed by atoms with Crippen molar-refractivity contribution in [1.29, 1.82) is 0 Å². The molecule has 2 nitrogen and oxygen atoms in total. The summed E-state index contributed by atoms with van der Waals surface area (Å²) in [6.07, 6.45) is 7.17. The lowest BCUT2D eigenvalue weighted by Gasteiger charge is -2.27. The fraction of sp³-hybridized carbons (Fsp3) is 0.684. The lowest BCUT2D eigenvalue weighted by Crippen LogP contribution is -2.28. The number of benzene rings is 1. The van der Waals surface area contributed by atoms with E-state index in [2.05, 4.69) is 41.5 Å². The van der Waals surface area contributed by atoms with E-state index in [1.165, 1.54) is 43.4 Å². The van der Waals surface area contributed by atoms with Crippen LogP contribution in [0.5, 0.6) is 0 Å². The topological polar surface area (TPSA) is 15.3 Å². The minimum Gasteiger partial charge on any atom is -0.319 e. The molecule has 0 radical (unpaired) electrons. The maximum absolute atomic E-state index is 3.26. The fourth-order valence-electron chi connectivity index (χ4n) is 4.57. The molecule has 3 unspecified atom stereocenters. The maximum atomic E-state index is 3.26. The van der Waals surface area contributed by atoms with Crippen molar-refractivity contribution < 1.29 is 0 Å². The van der Waals surface area contributed by atoms with E-state index < -0.39 is 0 Å². The number of hydrogen-bond donors (Lipinski definition) is 1. The second-order valence-electron chi connectivity index (χ2n) is 7.25. The van der Waals surface area contributed by atoms with Crippen LogP contribution in [-0.2, 0) is 13.0 Å². The summed E-state index contributed by atoms with van der Waals surface area (Å²) in [5.74, 6) is 3.08. The summed E-state index contributed by atoms with van der Waals surface area (Å²) < 4.78 is 0. The number of fused-ring (bicyclic) bond motifs is 2. The Bertz CT molecular complexity index is 457. The largest absolute Gasteiger partial charge is 0.319 e. The predicted molar refractivity (Wildman–Crippen MR) is 89.3 cm³/mol. The van der Waals surface area contributed by atoms with E-state index in [-0.39, 0.29) is 0 Å². The third-order valence-corrected chi connectivity index (χ3v) is 5.63. The fourth-order valence-corrected chi connectivity index (χ4v) is 4.57. The van der Waals surface area contributed by atoms with Gasteiger partial charge in [0.05, 0.1) is 0 Å². The van der Waals surface area contributed by atoms with E-state index in [9.17, 15) is 0 Å². The third-order valence-electron chi connectivity index (χ3n) is 5.63. The highest BCUT2D eigenvalue weighted by Gasteiger charge is 2.39. The molecule has 0 amide bonds. The van der Waals surface area contributed by atoms with Crippen molar-refractivity contribution in [2.45, 2.75) is 38.6 Å². The summed E-state index contributed by atoms with van der Waals surface area (Å²) in [5, 5.41) is 3.26. The average molecular weight is 286 g/mol. The molecule has 116 valence electrons. The number of nitrogens with one attached hydrogen (secondary N) is 1. The summed E-state index contributed by atoms with van der Waals surface area (Å²) >= 11 is 0. The molecule has 2 aliphatic rings. The third kappa shape index (κ3) is 3.67. The summed E-state index contributed by atoms with van der Waals surface area (Å²) in [4.78, 5) is 2.56. The normalized spacial score (nSPS) is 27.7. The highest BCUT2D eigenvalue weighted by Crippen LogP contribution is 2.48. The maximum Gasteiger partial charge on any atom is 0.0233 e. The molecule has 1 aromatic carbocycles. The van der Waals surface area contributed by atoms with Gasteiger partial charge in [-0.15, -0.1) is 0 Å². The van der Waals surface area contributed by atoms with Gasteiger partial charge in [-0.3, -0.25) is 0 Å². The van der Waals surface area contributed by atoms with E-state index in [0.717, 1.165) is 37.3 Å². The van der Waals surface area contributed by atoms with Gasteiger partial charge < -0.3 is 10.2 Å². The van der Waals surface area contributed by atoms with E-state index in [1.54, 1.807) is 0 Å². The zero-order valence-electron chi connectivity index (χ0n) is 13.6. The van der Waals surface area contributed by atoms with E-state index >= 15 is 0 Å². The molecule has 21 heavy (non-hydrogen) atoms. The van der Waals surface area contributed by atoms with Crippen molar-refractivity contribution in [3.63, 3.8) is 0 Å². The molecular weight excluding hydrogens is 256 g/mol. The number of hydrogen-bond acceptors (Lipinski definition) is 2. The minimum absolute atomic E-state index is 0.971. The van der Waals surface area contributed by atoms with Crippen LogP contribution in [0.1, 0.15) is 36.8 Å². The first-order valence-electron chi connectivity index (χ1n) is 8.66. The molecule has 0 saturated heterocycles. The number of nitrogens with zero attached hydrogens (tertiary/aromatic N) is 1. The molecule has 0 aliphatic heterocycles. The van der Waals surface area contributed by atoms with Gasteiger partial charge in [-0.05, 0) is 75.2 Å². The van der Waals surface area contributed by atoms with Gasteiger partial charge in [-0.25, -0.2) is 0 Å². The van der Waals surface area contributed by atoms with Crippen LogP contribution >= 0.6 is 0 Å². The first kappa shape index (κ1) is 15.1. The smallest absolute Gasteiger partial charge is 0.0233 e. The second kappa shape index (κ2) is 6.93. The molecule has 1 aromatic rings. The minimum atomic E-state index is 0.971. The Balaban J connectivity index is 1.55. The van der Waals surface area contributed by atoms with Crippen LogP contribution < -0.4 is 5.32 Å². The van der Waals surface area contributed by atoms with Gasteiger partial charge in [-0.1, -0.05) is 30.7 Å². The Morgan fingerprint density at radius 2 is 1.95 bits per heavy atom. The molecule has 0 heterocycles. The van der Waals surface area contributed by atoms with E-state index in [1.807, 2.05) is 7.05 Å². The van der Waals surface area contributed by atoms with E-state index in [4.69, 9.17) is 0 Å². The SMILES string of the molecule is CNCCc1ccccc1CN(C)CC1CC2CCC1C2. The van der Waals surface area contributed by atoms with Crippen LogP contribution in [0.2, 0.25) is 0 Å². The van der Waals surface area contributed by atoms with Crippen molar-refractivity contribution in [2.24, 2.45) is 17.8 Å². The molecule has 2 aliphatic carbocycles. The Kier molecular flexibility index (Phi) is 4.97. The first-order valence-corrected chi connectivity index (χ1v) is 8.66. The number of likely N-dealkylation sites (N-methyl/N-ethyl adjacent to an activating group) is 1. The monoisotopic (exact) mass is 286 g/mol. The quantitative estimate of drug-likeness (QED) is 0.827. The van der Waals surface area contributed by atoms with Crippen LogP contribution in [-0.4, -0.2) is 32.1 Å². The Hall–Kier alpha value is -0.860. The van der Waals surface area contributed by atoms with Gasteiger partial charge in [-0.2, -0.15) is 0 Å². The van der Waals surface area contributed by atoms with Crippen LogP contribution in [0, 0.1) is 17.8 Å². The molecule has 3 atom stereocenters. The lowest BCUT2D eigenvalue weighted by molar-refractivity contribution is 0.214. The molecular formula is C19H30N2. The van der Waals surface area contributed by atoms with Gasteiger partial charge in [0.15, 0.2) is 0 Å². The van der Waals surface area contributed by atoms with Crippen molar-refractivity contribution in [3.8, 4) is 0 Å². The van der Waals surface area contributed by atoms with Crippen LogP contribution in [0.4, 0.5) is 0 Å². The standard InChI is InChI=1S/C19H30N2/c1-20-10-9-16-5-3-4-6-18(16)13-21(2)14-19-12-15-7-8-17(19)11-15/h3-6,15,17,19-20H,7-14H2,1-2H3. The van der Waals surface area contributed by atoms with Gasteiger partial charge in [0.2, 0.25) is 0 Å². The molecule has 2 fully saturated rings. The van der Waals surface area contributed by atoms with Crippen molar-refractivity contribution in [3.05, 3.63) is 35.4 Å². The first-order chi connectivity index (χ1) is 10.3. The van der Waals surface area contributed by atoms with Gasteiger partial charge in [0.1, 0.15) is 0 Å². The Labute approximate surface area is 129 Å². The van der Waals surface area contributed by atoms with Gasteiger partial charge >= 0.3 is 0 Å². The molecule has 2 heteroatoms. The number of rotatable bonds is 7. The predicted octanol–water partition coefficient (Wildman–Crippen LogP) is 3.32. The highest BCUT2D eigenvalue weighted by atomic mass is 15.1. The molecule has 2 saturated carbocycles.